The second kappa shape index (κ2) is 8.81. The molecule has 12 heteroatoms. The lowest BCUT2D eigenvalue weighted by Gasteiger charge is -2.31. The minimum atomic E-state index is -4.38. The smallest absolute Gasteiger partial charge is 0.359 e. The normalized spacial score (nSPS) is 29.9. The third kappa shape index (κ3) is 4.88. The number of aliphatic hydroxyl groups excluding tert-OH is 2. The van der Waals surface area contributed by atoms with Crippen LogP contribution in [-0.4, -0.2) is 59.5 Å². The summed E-state index contributed by atoms with van der Waals surface area (Å²) in [7, 11) is -4.38. The largest absolute Gasteiger partial charge is 0.388 e. The standard InChI is InChI=1S/C17H30N3O8P/c1-5-10(28-29(25,26)17(4,24)6-2)7-11-12(21)13(22)15(27-11)20-8-9(3)14(18)19-16(20)23/h8,10-13,15,21-22,24H,5-7H2,1-4H3,(H,25,26)(H2,18,19,23)/t10?,11-,12-,13-,15-,17?/m1/s1. The second-order valence-corrected chi connectivity index (χ2v) is 9.72. The molecule has 3 unspecified atom stereocenters. The van der Waals surface area contributed by atoms with Crippen molar-refractivity contribution in [3.63, 3.8) is 0 Å². The minimum Gasteiger partial charge on any atom is -0.388 e. The summed E-state index contributed by atoms with van der Waals surface area (Å²) in [4.78, 5) is 25.9. The van der Waals surface area contributed by atoms with E-state index in [9.17, 15) is 29.6 Å². The lowest BCUT2D eigenvalue weighted by Crippen LogP contribution is -2.36. The van der Waals surface area contributed by atoms with Gasteiger partial charge in [-0.15, -0.1) is 0 Å². The van der Waals surface area contributed by atoms with Gasteiger partial charge in [0.15, 0.2) is 11.6 Å². The van der Waals surface area contributed by atoms with Crippen LogP contribution in [0.2, 0.25) is 0 Å². The maximum atomic E-state index is 12.4. The highest BCUT2D eigenvalue weighted by molar-refractivity contribution is 7.54. The van der Waals surface area contributed by atoms with Crippen LogP contribution < -0.4 is 11.4 Å². The first-order chi connectivity index (χ1) is 13.3. The predicted octanol–water partition coefficient (Wildman–Crippen LogP) is 0.242. The van der Waals surface area contributed by atoms with Gasteiger partial charge in [0.1, 0.15) is 18.0 Å². The summed E-state index contributed by atoms with van der Waals surface area (Å²) in [6.07, 6.45) is -4.17. The number of nitrogens with two attached hydrogens (primary N) is 1. The molecule has 2 heterocycles. The summed E-state index contributed by atoms with van der Waals surface area (Å²) in [5.74, 6) is 0.0527. The van der Waals surface area contributed by atoms with Gasteiger partial charge in [-0.3, -0.25) is 9.13 Å². The van der Waals surface area contributed by atoms with E-state index >= 15 is 0 Å². The SMILES string of the molecule is CCC(C[C@H]1O[C@@H](n2cc(C)c(N)nc2=O)[C@H](O)[C@@H]1O)OP(=O)(O)C(C)(O)CC. The van der Waals surface area contributed by atoms with Crippen molar-refractivity contribution in [2.45, 2.75) is 82.9 Å². The van der Waals surface area contributed by atoms with Crippen molar-refractivity contribution in [2.24, 2.45) is 0 Å². The van der Waals surface area contributed by atoms with Crippen molar-refractivity contribution in [2.75, 3.05) is 5.73 Å². The van der Waals surface area contributed by atoms with Gasteiger partial charge in [-0.2, -0.15) is 4.98 Å². The van der Waals surface area contributed by atoms with Crippen LogP contribution >= 0.6 is 7.60 Å². The van der Waals surface area contributed by atoms with Gasteiger partial charge in [0.25, 0.3) is 0 Å². The first kappa shape index (κ1) is 23.9. The van der Waals surface area contributed by atoms with E-state index in [-0.39, 0.29) is 18.7 Å². The number of hydrogen-bond donors (Lipinski definition) is 5. The van der Waals surface area contributed by atoms with E-state index in [1.54, 1.807) is 20.8 Å². The molecule has 0 radical (unpaired) electrons. The summed E-state index contributed by atoms with van der Waals surface area (Å²) in [6, 6.07) is 0. The van der Waals surface area contributed by atoms with E-state index in [0.717, 1.165) is 4.57 Å². The molecule has 166 valence electrons. The number of hydrogen-bond acceptors (Lipinski definition) is 9. The fourth-order valence-corrected chi connectivity index (χ4v) is 4.24. The third-order valence-corrected chi connectivity index (χ3v) is 7.42. The van der Waals surface area contributed by atoms with E-state index < -0.39 is 49.3 Å². The quantitative estimate of drug-likeness (QED) is 0.355. The van der Waals surface area contributed by atoms with Gasteiger partial charge in [-0.25, -0.2) is 4.79 Å². The maximum absolute atomic E-state index is 12.4. The van der Waals surface area contributed by atoms with E-state index in [0.29, 0.717) is 12.0 Å². The summed E-state index contributed by atoms with van der Waals surface area (Å²) in [6.45, 7) is 6.10. The monoisotopic (exact) mass is 435 g/mol. The number of ether oxygens (including phenoxy) is 1. The van der Waals surface area contributed by atoms with Crippen LogP contribution in [0.25, 0.3) is 0 Å². The zero-order valence-corrected chi connectivity index (χ0v) is 17.8. The van der Waals surface area contributed by atoms with Crippen molar-refractivity contribution >= 4 is 13.4 Å². The molecule has 0 aromatic carbocycles. The average molecular weight is 435 g/mol. The van der Waals surface area contributed by atoms with Gasteiger partial charge in [0, 0.05) is 18.2 Å². The van der Waals surface area contributed by atoms with Crippen LogP contribution in [0.15, 0.2) is 11.0 Å². The molecule has 1 saturated heterocycles. The van der Waals surface area contributed by atoms with E-state index in [4.69, 9.17) is 15.0 Å². The van der Waals surface area contributed by atoms with Crippen LogP contribution in [0.4, 0.5) is 5.82 Å². The predicted molar refractivity (Wildman–Crippen MR) is 104 cm³/mol. The molecule has 1 aromatic rings. The van der Waals surface area contributed by atoms with Crippen molar-refractivity contribution < 1.29 is 34.0 Å². The Morgan fingerprint density at radius 3 is 2.59 bits per heavy atom. The van der Waals surface area contributed by atoms with Gasteiger partial charge in [0.05, 0.1) is 12.2 Å². The Hall–Kier alpha value is -1.33. The van der Waals surface area contributed by atoms with Gasteiger partial charge in [0.2, 0.25) is 0 Å². The van der Waals surface area contributed by atoms with Gasteiger partial charge in [-0.1, -0.05) is 13.8 Å². The molecule has 0 spiro atoms. The number of aryl methyl sites for hydroxylation is 1. The number of nitrogen functional groups attached to an aromatic ring is 1. The fourth-order valence-electron chi connectivity index (χ4n) is 2.97. The van der Waals surface area contributed by atoms with Crippen LogP contribution in [0.1, 0.15) is 51.8 Å². The summed E-state index contributed by atoms with van der Waals surface area (Å²) < 4.78 is 24.4. The number of anilines is 1. The van der Waals surface area contributed by atoms with Crippen LogP contribution in [0.3, 0.4) is 0 Å². The van der Waals surface area contributed by atoms with Crippen LogP contribution in [0.5, 0.6) is 0 Å². The molecule has 1 aliphatic heterocycles. The number of aliphatic hydroxyl groups is 3. The molecule has 1 fully saturated rings. The molecular formula is C17H30N3O8P. The topological polar surface area (TPSA) is 177 Å². The van der Waals surface area contributed by atoms with Crippen molar-refractivity contribution in [3.8, 4) is 0 Å². The number of nitrogens with zero attached hydrogens (tertiary/aromatic N) is 2. The molecule has 0 bridgehead atoms. The molecule has 1 aliphatic rings. The molecule has 0 saturated carbocycles. The average Bonchev–Trinajstić information content (AvgIpc) is 2.92. The lowest BCUT2D eigenvalue weighted by atomic mass is 10.0. The Kier molecular flexibility index (Phi) is 7.27. The molecule has 0 amide bonds. The Morgan fingerprint density at radius 2 is 2.03 bits per heavy atom. The molecule has 0 aliphatic carbocycles. The maximum Gasteiger partial charge on any atom is 0.359 e. The fraction of sp³-hybridized carbons (Fsp3) is 0.765. The van der Waals surface area contributed by atoms with E-state index in [2.05, 4.69) is 4.98 Å². The molecule has 29 heavy (non-hydrogen) atoms. The lowest BCUT2D eigenvalue weighted by molar-refractivity contribution is -0.0528. The van der Waals surface area contributed by atoms with Gasteiger partial charge in [-0.05, 0) is 26.7 Å². The molecule has 7 atom stereocenters. The Bertz CT molecular complexity index is 829. The van der Waals surface area contributed by atoms with E-state index in [1.807, 2.05) is 0 Å². The number of rotatable bonds is 8. The van der Waals surface area contributed by atoms with E-state index in [1.165, 1.54) is 13.1 Å². The summed E-state index contributed by atoms with van der Waals surface area (Å²) in [5.41, 5.74) is 5.36. The zero-order valence-electron chi connectivity index (χ0n) is 16.9. The molecule has 2 rings (SSSR count). The number of aromatic nitrogens is 2. The van der Waals surface area contributed by atoms with Crippen molar-refractivity contribution in [3.05, 3.63) is 22.2 Å². The zero-order chi connectivity index (χ0) is 22.1. The van der Waals surface area contributed by atoms with Gasteiger partial charge < -0.3 is 35.2 Å². The molecule has 1 aromatic heterocycles. The first-order valence-corrected chi connectivity index (χ1v) is 11.0. The molecular weight excluding hydrogens is 405 g/mol. The third-order valence-electron chi connectivity index (χ3n) is 5.31. The highest BCUT2D eigenvalue weighted by Crippen LogP contribution is 2.57. The Morgan fingerprint density at radius 1 is 1.41 bits per heavy atom. The van der Waals surface area contributed by atoms with Crippen LogP contribution in [0, 0.1) is 6.92 Å². The van der Waals surface area contributed by atoms with Crippen LogP contribution in [-0.2, 0) is 13.8 Å². The molecule has 6 N–H and O–H groups in total. The highest BCUT2D eigenvalue weighted by Gasteiger charge is 2.47. The Balaban J connectivity index is 2.19. The molecule has 11 nitrogen and oxygen atoms in total. The first-order valence-electron chi connectivity index (χ1n) is 9.45. The summed E-state index contributed by atoms with van der Waals surface area (Å²) >= 11 is 0. The van der Waals surface area contributed by atoms with Crippen molar-refractivity contribution in [1.82, 2.24) is 9.55 Å². The van der Waals surface area contributed by atoms with Crippen molar-refractivity contribution in [1.29, 1.82) is 0 Å². The minimum absolute atomic E-state index is 0.00690. The highest BCUT2D eigenvalue weighted by atomic mass is 31.2. The van der Waals surface area contributed by atoms with Gasteiger partial charge >= 0.3 is 13.3 Å². The second-order valence-electron chi connectivity index (χ2n) is 7.51. The Labute approximate surface area is 168 Å². The summed E-state index contributed by atoms with van der Waals surface area (Å²) in [5, 5.41) is 28.9.